The molecule has 1 aliphatic rings. The molecule has 3 aromatic carbocycles. The third-order valence-electron chi connectivity index (χ3n) is 9.23. The van der Waals surface area contributed by atoms with Crippen LogP contribution in [-0.4, -0.2) is 72.1 Å². The van der Waals surface area contributed by atoms with Crippen molar-refractivity contribution < 1.29 is 32.6 Å². The molecule has 0 saturated carbocycles. The van der Waals surface area contributed by atoms with Crippen molar-refractivity contribution in [3.8, 4) is 11.1 Å². The Hall–Kier alpha value is -5.16. The summed E-state index contributed by atoms with van der Waals surface area (Å²) in [6.07, 6.45) is 5.53. The van der Waals surface area contributed by atoms with Crippen LogP contribution in [0.25, 0.3) is 22.0 Å². The highest BCUT2D eigenvalue weighted by molar-refractivity contribution is 7.91. The van der Waals surface area contributed by atoms with E-state index in [1.165, 1.54) is 28.5 Å². The first kappa shape index (κ1) is 37.6. The number of benzene rings is 3. The van der Waals surface area contributed by atoms with Crippen molar-refractivity contribution in [3.63, 3.8) is 0 Å². The number of aromatic nitrogens is 3. The maximum atomic E-state index is 13.4. The second-order valence-corrected chi connectivity index (χ2v) is 15.5. The van der Waals surface area contributed by atoms with Crippen LogP contribution >= 0.6 is 11.3 Å². The van der Waals surface area contributed by atoms with Crippen molar-refractivity contribution in [3.05, 3.63) is 95.7 Å². The van der Waals surface area contributed by atoms with E-state index in [-0.39, 0.29) is 24.1 Å². The molecule has 14 nitrogen and oxygen atoms in total. The summed E-state index contributed by atoms with van der Waals surface area (Å²) < 4.78 is 29.6. The van der Waals surface area contributed by atoms with Gasteiger partial charge in [0.2, 0.25) is 15.4 Å². The molecule has 0 bridgehead atoms. The van der Waals surface area contributed by atoms with Gasteiger partial charge in [-0.05, 0) is 59.7 Å². The van der Waals surface area contributed by atoms with Crippen LogP contribution in [0.1, 0.15) is 61.1 Å². The average Bonchev–Trinajstić information content (AvgIpc) is 3.86. The van der Waals surface area contributed by atoms with E-state index in [1.54, 1.807) is 24.3 Å². The molecule has 2 aromatic heterocycles. The topological polar surface area (TPSA) is 208 Å². The molecule has 0 saturated heterocycles. The fourth-order valence-electron chi connectivity index (χ4n) is 6.69. The fraction of sp³-hybridized carbons (Fsp3) is 0.324. The highest BCUT2D eigenvalue weighted by Crippen LogP contribution is 2.44. The van der Waals surface area contributed by atoms with Gasteiger partial charge in [-0.1, -0.05) is 104 Å². The second kappa shape index (κ2) is 17.1. The first-order valence-corrected chi connectivity index (χ1v) is 19.8. The van der Waals surface area contributed by atoms with Gasteiger partial charge in [-0.2, -0.15) is 0 Å². The van der Waals surface area contributed by atoms with E-state index < -0.39 is 38.5 Å². The van der Waals surface area contributed by atoms with Crippen molar-refractivity contribution in [1.29, 1.82) is 0 Å². The first-order valence-electron chi connectivity index (χ1n) is 17.4. The Labute approximate surface area is 310 Å². The molecule has 5 aromatic rings. The lowest BCUT2D eigenvalue weighted by Crippen LogP contribution is -2.42. The summed E-state index contributed by atoms with van der Waals surface area (Å²) in [5.74, 6) is -0.453. The monoisotopic (exact) mass is 759 g/mol. The summed E-state index contributed by atoms with van der Waals surface area (Å²) in [5.41, 5.74) is 5.89. The Balaban J connectivity index is 0.922. The molecule has 1 atom stereocenters. The lowest BCUT2D eigenvalue weighted by Gasteiger charge is -2.17. The van der Waals surface area contributed by atoms with Gasteiger partial charge >= 0.3 is 12.2 Å². The quantitative estimate of drug-likeness (QED) is 0.0579. The first-order chi connectivity index (χ1) is 25.6. The molecule has 6 N–H and O–H groups in total. The maximum absolute atomic E-state index is 13.4. The van der Waals surface area contributed by atoms with E-state index in [9.17, 15) is 27.9 Å². The minimum atomic E-state index is -4.08. The molecule has 0 radical (unpaired) electrons. The molecule has 2 heterocycles. The van der Waals surface area contributed by atoms with Crippen molar-refractivity contribution in [2.75, 3.05) is 25.0 Å². The smallest absolute Gasteiger partial charge is 0.416 e. The summed E-state index contributed by atoms with van der Waals surface area (Å²) >= 11 is 0.643. The van der Waals surface area contributed by atoms with Gasteiger partial charge in [-0.3, -0.25) is 14.7 Å². The number of nitrogens with two attached hydrogens (primary N) is 1. The zero-order valence-corrected chi connectivity index (χ0v) is 30.5. The number of hydrogen-bond acceptors (Lipinski definition) is 10. The highest BCUT2D eigenvalue weighted by atomic mass is 32.2. The van der Waals surface area contributed by atoms with Gasteiger partial charge in [0.15, 0.2) is 0 Å². The van der Waals surface area contributed by atoms with E-state index in [1.807, 2.05) is 24.3 Å². The zero-order chi connectivity index (χ0) is 37.4. The molecule has 2 amide bonds. The lowest BCUT2D eigenvalue weighted by atomic mass is 9.98. The Morgan fingerprint density at radius 1 is 0.868 bits per heavy atom. The fourth-order valence-corrected chi connectivity index (χ4v) is 8.03. The largest absolute Gasteiger partial charge is 0.464 e. The Morgan fingerprint density at radius 2 is 1.49 bits per heavy atom. The molecule has 6 rings (SSSR count). The third kappa shape index (κ3) is 9.26. The predicted molar refractivity (Wildman–Crippen MR) is 202 cm³/mol. The average molecular weight is 760 g/mol. The number of fused-ring (bicyclic) bond motifs is 4. The number of amides is 2. The summed E-state index contributed by atoms with van der Waals surface area (Å²) in [6.45, 7) is 1.32. The zero-order valence-electron chi connectivity index (χ0n) is 28.9. The number of nitrogens with one attached hydrogen (secondary N) is 3. The number of sulfonamides is 1. The number of para-hydroxylation sites is 1. The number of ether oxygens (including phenoxy) is 1. The normalized spacial score (nSPS) is 13.0. The predicted octanol–water partition coefficient (Wildman–Crippen LogP) is 5.69. The van der Waals surface area contributed by atoms with E-state index in [4.69, 9.17) is 9.88 Å². The summed E-state index contributed by atoms with van der Waals surface area (Å²) in [4.78, 5) is 37.7. The maximum Gasteiger partial charge on any atom is 0.416 e. The van der Waals surface area contributed by atoms with Crippen LogP contribution < -0.4 is 21.1 Å². The molecule has 0 aliphatic heterocycles. The lowest BCUT2D eigenvalue weighted by molar-refractivity contribution is -0.118. The number of alkyl carbamates (subject to hydrolysis) is 1. The van der Waals surface area contributed by atoms with Gasteiger partial charge in [0.1, 0.15) is 6.61 Å². The molecule has 0 unspecified atom stereocenters. The van der Waals surface area contributed by atoms with Crippen molar-refractivity contribution in [2.45, 2.75) is 61.2 Å². The molecular formula is C37H41N7O7S2. The molecule has 16 heteroatoms. The molecular weight excluding hydrogens is 719 g/mol. The second-order valence-electron chi connectivity index (χ2n) is 12.8. The number of hydrogen-bond donors (Lipinski definition) is 5. The van der Waals surface area contributed by atoms with E-state index in [0.717, 1.165) is 43.1 Å². The SMILES string of the molecule is NS(=O)(=O)c1nnc(NC(=O)[C@H](Cc2cn(C(=O)O)c3ccccc23)NCCCCCCCCNC(=O)OCC2c3ccccc3-c3ccccc32)s1. The number of unbranched alkanes of at least 4 members (excludes halogenated alkanes) is 5. The number of rotatable bonds is 17. The van der Waals surface area contributed by atoms with Crippen LogP contribution in [0.3, 0.4) is 0 Å². The van der Waals surface area contributed by atoms with Gasteiger partial charge < -0.3 is 20.5 Å². The Bertz CT molecular complexity index is 2160. The van der Waals surface area contributed by atoms with Gasteiger partial charge in [0, 0.05) is 24.0 Å². The van der Waals surface area contributed by atoms with Gasteiger partial charge in [0.25, 0.3) is 10.0 Å². The van der Waals surface area contributed by atoms with Gasteiger partial charge in [-0.25, -0.2) is 23.1 Å². The number of carbonyl (C=O) groups excluding carboxylic acids is 2. The van der Waals surface area contributed by atoms with E-state index in [0.29, 0.717) is 40.9 Å². The number of nitrogens with zero attached hydrogens (tertiary/aromatic N) is 3. The number of carboxylic acid groups (broad SMARTS) is 1. The number of primary sulfonamides is 1. The molecule has 0 fully saturated rings. The third-order valence-corrected chi connectivity index (χ3v) is 11.4. The van der Waals surface area contributed by atoms with Crippen molar-refractivity contribution in [2.24, 2.45) is 5.14 Å². The molecule has 53 heavy (non-hydrogen) atoms. The van der Waals surface area contributed by atoms with Crippen LogP contribution in [0.4, 0.5) is 14.7 Å². The Kier molecular flexibility index (Phi) is 12.1. The van der Waals surface area contributed by atoms with Crippen LogP contribution in [0, 0.1) is 0 Å². The minimum Gasteiger partial charge on any atom is -0.464 e. The van der Waals surface area contributed by atoms with Crippen molar-refractivity contribution >= 4 is 55.5 Å². The van der Waals surface area contributed by atoms with E-state index in [2.05, 4.69) is 50.4 Å². The highest BCUT2D eigenvalue weighted by Gasteiger charge is 2.29. The minimum absolute atomic E-state index is 0.0205. The molecule has 1 aliphatic carbocycles. The Morgan fingerprint density at radius 3 is 2.15 bits per heavy atom. The van der Waals surface area contributed by atoms with Crippen LogP contribution in [0.2, 0.25) is 0 Å². The van der Waals surface area contributed by atoms with E-state index >= 15 is 0 Å². The molecule has 278 valence electrons. The van der Waals surface area contributed by atoms with Gasteiger partial charge in [0.05, 0.1) is 11.6 Å². The van der Waals surface area contributed by atoms with Crippen LogP contribution in [-0.2, 0) is 26.0 Å². The number of carbonyl (C=O) groups is 3. The summed E-state index contributed by atoms with van der Waals surface area (Å²) in [5, 5.41) is 31.5. The van der Waals surface area contributed by atoms with Crippen molar-refractivity contribution in [1.82, 2.24) is 25.4 Å². The van der Waals surface area contributed by atoms with Gasteiger partial charge in [-0.15, -0.1) is 10.2 Å². The summed E-state index contributed by atoms with van der Waals surface area (Å²) in [7, 11) is -4.08. The molecule has 0 spiro atoms. The van der Waals surface area contributed by atoms with Crippen LogP contribution in [0.5, 0.6) is 0 Å². The standard InChI is InChI=1S/C37H41N7O7S2/c38-53(49,50)36-43-42-34(52-36)41-33(45)31(21-24-22-44(37(47)48)32-18-10-9-13-25(24)32)39-19-11-3-1-2-4-12-20-40-35(46)51-23-30-28-16-7-5-14-26(28)27-15-6-8-17-29(27)30/h5-10,13-18,22,30-31,39H,1-4,11-12,19-21,23H2,(H,40,46)(H,47,48)(H2,38,49,50)(H,41,42,45)/t31-/m0/s1. The number of anilines is 1. The van der Waals surface area contributed by atoms with Crippen LogP contribution in [0.15, 0.2) is 83.3 Å². The summed E-state index contributed by atoms with van der Waals surface area (Å²) in [6, 6.07) is 22.7.